The molecule has 0 amide bonds. The van der Waals surface area contributed by atoms with Gasteiger partial charge in [0.05, 0.1) is 5.52 Å². The second kappa shape index (κ2) is 8.58. The maximum Gasteiger partial charge on any atom is 0.0574 e. The van der Waals surface area contributed by atoms with Crippen LogP contribution in [-0.4, -0.2) is 4.57 Å². The molecule has 0 aliphatic heterocycles. The molecule has 2 heterocycles. The summed E-state index contributed by atoms with van der Waals surface area (Å²) >= 11 is 0. The zero-order valence-electron chi connectivity index (χ0n) is 22.7. The monoisotopic (exact) mass is 539 g/mol. The lowest BCUT2D eigenvalue weighted by Gasteiger charge is -2.08. The van der Waals surface area contributed by atoms with E-state index in [0.29, 0.717) is 0 Å². The molecule has 2 aromatic heterocycles. The van der Waals surface area contributed by atoms with Gasteiger partial charge in [-0.15, -0.1) is 0 Å². The third-order valence-electron chi connectivity index (χ3n) is 8.89. The van der Waals surface area contributed by atoms with Crippen LogP contribution in [0.3, 0.4) is 0 Å². The van der Waals surface area contributed by atoms with Gasteiger partial charge in [-0.05, 0) is 55.5 Å². The number of nitrogens with zero attached hydrogens (tertiary/aromatic N) is 1. The Kier molecular flexibility index (Phi) is 4.80. The second-order valence-corrected chi connectivity index (χ2v) is 13.2. The second-order valence-electron chi connectivity index (χ2n) is 11.0. The molecule has 1 nitrogen and oxygen atoms in total. The molecule has 1 atom stereocenters. The van der Waals surface area contributed by atoms with Crippen molar-refractivity contribution in [1.82, 2.24) is 4.57 Å². The fraction of sp³-hybridized carbons (Fsp3) is 0.0256. The van der Waals surface area contributed by atoms with Crippen molar-refractivity contribution >= 4 is 71.9 Å². The van der Waals surface area contributed by atoms with E-state index in [2.05, 4.69) is 151 Å². The molecule has 7 aromatic carbocycles. The molecule has 0 bridgehead atoms. The van der Waals surface area contributed by atoms with Crippen molar-refractivity contribution in [3.05, 3.63) is 140 Å². The van der Waals surface area contributed by atoms with Crippen molar-refractivity contribution in [2.75, 3.05) is 0 Å². The molecule has 0 saturated heterocycles. The number of fused-ring (bicyclic) bond motifs is 11. The molecule has 41 heavy (non-hydrogen) atoms. The van der Waals surface area contributed by atoms with Crippen molar-refractivity contribution in [2.24, 2.45) is 7.05 Å². The Labute approximate surface area is 238 Å². The number of hydrogen-bond acceptors (Lipinski definition) is 0. The highest BCUT2D eigenvalue weighted by Crippen LogP contribution is 2.55. The summed E-state index contributed by atoms with van der Waals surface area (Å²) in [6.07, 6.45) is 0. The SMILES string of the molecule is Cn1c2cc(-c3ccc4c5ccccc5p(-c5ccccc5)c4c3)ccc2c2c3ccccc3c3ccccc3c21. The first kappa shape index (κ1) is 22.9. The third kappa shape index (κ3) is 3.19. The van der Waals surface area contributed by atoms with Crippen LogP contribution in [0.25, 0.3) is 80.8 Å². The topological polar surface area (TPSA) is 4.93 Å². The van der Waals surface area contributed by atoms with Crippen molar-refractivity contribution in [1.29, 1.82) is 0 Å². The number of aryl methyl sites for hydroxylation is 1. The Morgan fingerprint density at radius 1 is 0.439 bits per heavy atom. The molecular formula is C39H26NP. The van der Waals surface area contributed by atoms with E-state index in [1.54, 1.807) is 0 Å². The minimum Gasteiger partial charge on any atom is -0.343 e. The number of hydrogen-bond donors (Lipinski definition) is 0. The molecule has 9 rings (SSSR count). The first-order valence-electron chi connectivity index (χ1n) is 14.2. The van der Waals surface area contributed by atoms with Crippen molar-refractivity contribution < 1.29 is 0 Å². The van der Waals surface area contributed by atoms with Crippen LogP contribution in [0.4, 0.5) is 0 Å². The van der Waals surface area contributed by atoms with Gasteiger partial charge in [0.1, 0.15) is 0 Å². The molecule has 0 fully saturated rings. The fourth-order valence-corrected chi connectivity index (χ4v) is 9.73. The molecule has 0 spiro atoms. The van der Waals surface area contributed by atoms with Gasteiger partial charge >= 0.3 is 0 Å². The van der Waals surface area contributed by atoms with Crippen LogP contribution < -0.4 is 0 Å². The van der Waals surface area contributed by atoms with Crippen LogP contribution in [0.2, 0.25) is 0 Å². The quantitative estimate of drug-likeness (QED) is 0.193. The summed E-state index contributed by atoms with van der Waals surface area (Å²) in [5, 5.41) is 15.0. The van der Waals surface area contributed by atoms with Gasteiger partial charge in [-0.25, -0.2) is 0 Å². The maximum absolute atomic E-state index is 2.46. The molecule has 192 valence electrons. The van der Waals surface area contributed by atoms with Gasteiger partial charge in [-0.3, -0.25) is 0 Å². The van der Waals surface area contributed by atoms with Crippen molar-refractivity contribution in [3.63, 3.8) is 0 Å². The Balaban J connectivity index is 1.33. The lowest BCUT2D eigenvalue weighted by Crippen LogP contribution is -1.89. The highest BCUT2D eigenvalue weighted by atomic mass is 31.1. The van der Waals surface area contributed by atoms with E-state index in [4.69, 9.17) is 0 Å². The fourth-order valence-electron chi connectivity index (χ4n) is 7.07. The first-order valence-corrected chi connectivity index (χ1v) is 15.5. The zero-order valence-corrected chi connectivity index (χ0v) is 23.6. The van der Waals surface area contributed by atoms with Gasteiger partial charge < -0.3 is 4.57 Å². The Hall–Kier alpha value is -4.84. The van der Waals surface area contributed by atoms with Crippen LogP contribution in [-0.2, 0) is 7.05 Å². The van der Waals surface area contributed by atoms with Gasteiger partial charge in [-0.2, -0.15) is 0 Å². The van der Waals surface area contributed by atoms with E-state index in [0.717, 1.165) is 0 Å². The minimum atomic E-state index is -0.581. The van der Waals surface area contributed by atoms with Crippen LogP contribution in [0, 0.1) is 0 Å². The van der Waals surface area contributed by atoms with Crippen molar-refractivity contribution in [2.45, 2.75) is 0 Å². The normalized spacial score (nSPS) is 12.5. The Morgan fingerprint density at radius 3 is 1.78 bits per heavy atom. The molecule has 0 N–H and O–H groups in total. The molecular weight excluding hydrogens is 513 g/mol. The van der Waals surface area contributed by atoms with E-state index in [1.807, 2.05) is 0 Å². The molecule has 0 saturated carbocycles. The highest BCUT2D eigenvalue weighted by molar-refractivity contribution is 7.67. The van der Waals surface area contributed by atoms with Crippen LogP contribution in [0.1, 0.15) is 0 Å². The lowest BCUT2D eigenvalue weighted by atomic mass is 9.96. The van der Waals surface area contributed by atoms with E-state index in [9.17, 15) is 0 Å². The van der Waals surface area contributed by atoms with E-state index >= 15 is 0 Å². The Morgan fingerprint density at radius 2 is 1.00 bits per heavy atom. The largest absolute Gasteiger partial charge is 0.343 e. The average Bonchev–Trinajstić information content (AvgIpc) is 3.53. The molecule has 9 aromatic rings. The lowest BCUT2D eigenvalue weighted by molar-refractivity contribution is 1.02. The molecule has 0 aliphatic carbocycles. The standard InChI is InChI=1S/C39H26NP/c1-40-35-23-25(20-22-34(35)38-32-16-7-5-13-28(32)29-14-6-8-17-33(29)39(38)40)26-19-21-31-30-15-9-10-18-36(30)41(37(31)24-26)27-11-3-2-4-12-27/h2-24H,1H3. The maximum atomic E-state index is 2.46. The molecule has 0 radical (unpaired) electrons. The molecule has 0 aliphatic rings. The average molecular weight is 540 g/mol. The summed E-state index contributed by atoms with van der Waals surface area (Å²) in [7, 11) is 1.65. The number of benzene rings is 7. The van der Waals surface area contributed by atoms with E-state index in [-0.39, 0.29) is 0 Å². The number of rotatable bonds is 2. The van der Waals surface area contributed by atoms with Crippen LogP contribution in [0.15, 0.2) is 140 Å². The third-order valence-corrected chi connectivity index (χ3v) is 11.4. The number of aromatic nitrogens is 1. The first-order chi connectivity index (χ1) is 20.3. The van der Waals surface area contributed by atoms with Gasteiger partial charge in [0.2, 0.25) is 0 Å². The Bertz CT molecular complexity index is 2480. The summed E-state index contributed by atoms with van der Waals surface area (Å²) in [6, 6.07) is 51.9. The summed E-state index contributed by atoms with van der Waals surface area (Å²) in [5.74, 6) is 0. The highest BCUT2D eigenvalue weighted by Gasteiger charge is 2.18. The smallest absolute Gasteiger partial charge is 0.0574 e. The zero-order chi connectivity index (χ0) is 27.1. The summed E-state index contributed by atoms with van der Waals surface area (Å²) in [4.78, 5) is 0. The minimum absolute atomic E-state index is 0.581. The summed E-state index contributed by atoms with van der Waals surface area (Å²) in [5.41, 5.74) is 5.12. The van der Waals surface area contributed by atoms with Crippen molar-refractivity contribution in [3.8, 4) is 16.4 Å². The van der Waals surface area contributed by atoms with Gasteiger partial charge in [-0.1, -0.05) is 135 Å². The predicted molar refractivity (Wildman–Crippen MR) is 180 cm³/mol. The molecule has 1 unspecified atom stereocenters. The molecule has 2 heteroatoms. The summed E-state index contributed by atoms with van der Waals surface area (Å²) < 4.78 is 2.41. The van der Waals surface area contributed by atoms with E-state index in [1.165, 1.54) is 80.8 Å². The predicted octanol–water partition coefficient (Wildman–Crippen LogP) is 11.6. The van der Waals surface area contributed by atoms with Crippen LogP contribution in [0.5, 0.6) is 0 Å². The van der Waals surface area contributed by atoms with Gasteiger partial charge in [0.15, 0.2) is 0 Å². The van der Waals surface area contributed by atoms with Crippen LogP contribution >= 0.6 is 7.53 Å². The summed E-state index contributed by atoms with van der Waals surface area (Å²) in [6.45, 7) is 0. The van der Waals surface area contributed by atoms with Gasteiger partial charge in [0.25, 0.3) is 0 Å². The van der Waals surface area contributed by atoms with E-state index < -0.39 is 7.53 Å². The van der Waals surface area contributed by atoms with Gasteiger partial charge in [0, 0.05) is 39.0 Å².